The highest BCUT2D eigenvalue weighted by atomic mass is 32.2. The second-order valence-electron chi connectivity index (χ2n) is 4.04. The maximum absolute atomic E-state index is 10.9. The predicted octanol–water partition coefficient (Wildman–Crippen LogP) is 2.67. The number of carboxylic acids is 1. The van der Waals surface area contributed by atoms with Gasteiger partial charge in [-0.15, -0.1) is 11.8 Å². The van der Waals surface area contributed by atoms with Crippen molar-refractivity contribution < 1.29 is 14.6 Å². The number of ether oxygens (including phenoxy) is 1. The van der Waals surface area contributed by atoms with E-state index in [0.717, 1.165) is 10.7 Å². The molecule has 0 fully saturated rings. The Bertz CT molecular complexity index is 389. The van der Waals surface area contributed by atoms with E-state index in [2.05, 4.69) is 4.98 Å². The van der Waals surface area contributed by atoms with Crippen molar-refractivity contribution in [3.8, 4) is 0 Å². The molecule has 1 unspecified atom stereocenters. The first-order valence-corrected chi connectivity index (χ1v) is 6.94. The van der Waals surface area contributed by atoms with E-state index in [4.69, 9.17) is 9.84 Å². The highest BCUT2D eigenvalue weighted by Crippen LogP contribution is 2.19. The largest absolute Gasteiger partial charge is 0.479 e. The van der Waals surface area contributed by atoms with Crippen LogP contribution in [0.5, 0.6) is 0 Å². The van der Waals surface area contributed by atoms with Crippen LogP contribution < -0.4 is 0 Å². The summed E-state index contributed by atoms with van der Waals surface area (Å²) >= 11 is 1.57. The normalized spacial score (nSPS) is 12.4. The Kier molecular flexibility index (Phi) is 6.15. The topological polar surface area (TPSA) is 59.4 Å². The van der Waals surface area contributed by atoms with Gasteiger partial charge < -0.3 is 9.84 Å². The molecular weight excluding hydrogens is 250 g/mol. The summed E-state index contributed by atoms with van der Waals surface area (Å²) in [6.45, 7) is 6.20. The maximum atomic E-state index is 10.9. The number of nitrogens with zero attached hydrogens (tertiary/aromatic N) is 1. The van der Waals surface area contributed by atoms with E-state index in [-0.39, 0.29) is 0 Å². The molecule has 5 heteroatoms. The molecule has 1 aromatic heterocycles. The van der Waals surface area contributed by atoms with Crippen LogP contribution in [0.1, 0.15) is 24.6 Å². The summed E-state index contributed by atoms with van der Waals surface area (Å²) in [6.07, 6.45) is -0.226. The van der Waals surface area contributed by atoms with Crippen LogP contribution in [-0.4, -0.2) is 34.5 Å². The van der Waals surface area contributed by atoms with Crippen molar-refractivity contribution in [1.29, 1.82) is 0 Å². The van der Waals surface area contributed by atoms with Crippen molar-refractivity contribution in [2.75, 3.05) is 12.4 Å². The zero-order valence-corrected chi connectivity index (χ0v) is 11.8. The number of pyridine rings is 1. The molecule has 0 spiro atoms. The summed E-state index contributed by atoms with van der Waals surface area (Å²) in [5.41, 5.74) is 2.15. The summed E-state index contributed by atoms with van der Waals surface area (Å²) in [6, 6.07) is 4.03. The van der Waals surface area contributed by atoms with Crippen molar-refractivity contribution >= 4 is 17.7 Å². The fourth-order valence-corrected chi connectivity index (χ4v) is 2.65. The molecule has 1 atom stereocenters. The van der Waals surface area contributed by atoms with Crippen LogP contribution >= 0.6 is 11.8 Å². The van der Waals surface area contributed by atoms with Gasteiger partial charge in [0.25, 0.3) is 0 Å². The van der Waals surface area contributed by atoms with Crippen molar-refractivity contribution in [3.05, 3.63) is 23.4 Å². The standard InChI is InChI=1S/C13H19NO3S/c1-4-17-11(13(15)16)5-6-18-12-8-9(2)7-10(3)14-12/h7-8,11H,4-6H2,1-3H3,(H,15,16). The Morgan fingerprint density at radius 2 is 2.22 bits per heavy atom. The zero-order chi connectivity index (χ0) is 13.5. The number of thioether (sulfide) groups is 1. The first kappa shape index (κ1) is 15.0. The number of hydrogen-bond acceptors (Lipinski definition) is 4. The van der Waals surface area contributed by atoms with Crippen LogP contribution in [0.3, 0.4) is 0 Å². The second-order valence-corrected chi connectivity index (χ2v) is 5.16. The van der Waals surface area contributed by atoms with Gasteiger partial charge in [0.2, 0.25) is 0 Å². The Balaban J connectivity index is 2.47. The summed E-state index contributed by atoms with van der Waals surface area (Å²) < 4.78 is 5.16. The molecule has 0 saturated carbocycles. The van der Waals surface area contributed by atoms with E-state index >= 15 is 0 Å². The van der Waals surface area contributed by atoms with Crippen molar-refractivity contribution in [2.45, 2.75) is 38.3 Å². The van der Waals surface area contributed by atoms with Gasteiger partial charge in [0.15, 0.2) is 6.10 Å². The molecule has 1 rings (SSSR count). The summed E-state index contributed by atoms with van der Waals surface area (Å²) in [5, 5.41) is 9.88. The van der Waals surface area contributed by atoms with Crippen molar-refractivity contribution in [2.24, 2.45) is 0 Å². The molecule has 100 valence electrons. The van der Waals surface area contributed by atoms with Crippen LogP contribution in [0.15, 0.2) is 17.2 Å². The lowest BCUT2D eigenvalue weighted by molar-refractivity contribution is -0.150. The minimum atomic E-state index is -0.897. The summed E-state index contributed by atoms with van der Waals surface area (Å²) in [7, 11) is 0. The van der Waals surface area contributed by atoms with E-state index in [9.17, 15) is 4.79 Å². The fraction of sp³-hybridized carbons (Fsp3) is 0.538. The Hall–Kier alpha value is -1.07. The van der Waals surface area contributed by atoms with E-state index in [0.29, 0.717) is 18.8 Å². The molecule has 0 aliphatic heterocycles. The molecule has 4 nitrogen and oxygen atoms in total. The molecule has 0 aliphatic rings. The average molecular weight is 269 g/mol. The van der Waals surface area contributed by atoms with Crippen molar-refractivity contribution in [3.63, 3.8) is 0 Å². The van der Waals surface area contributed by atoms with E-state index in [1.165, 1.54) is 5.56 Å². The summed E-state index contributed by atoms with van der Waals surface area (Å²) in [4.78, 5) is 15.3. The minimum absolute atomic E-state index is 0.420. The van der Waals surface area contributed by atoms with Crippen LogP contribution in [0.2, 0.25) is 0 Å². The molecular formula is C13H19NO3S. The van der Waals surface area contributed by atoms with Crippen LogP contribution in [0.25, 0.3) is 0 Å². The lowest BCUT2D eigenvalue weighted by atomic mass is 10.3. The van der Waals surface area contributed by atoms with Gasteiger partial charge in [-0.3, -0.25) is 0 Å². The third-order valence-corrected chi connectivity index (χ3v) is 3.29. The van der Waals surface area contributed by atoms with Gasteiger partial charge in [-0.05, 0) is 44.9 Å². The molecule has 0 aliphatic carbocycles. The van der Waals surface area contributed by atoms with Crippen LogP contribution in [0, 0.1) is 13.8 Å². The molecule has 18 heavy (non-hydrogen) atoms. The number of carbonyl (C=O) groups is 1. The first-order valence-electron chi connectivity index (χ1n) is 5.95. The van der Waals surface area contributed by atoms with Crippen molar-refractivity contribution in [1.82, 2.24) is 4.98 Å². The Labute approximate surface area is 112 Å². The predicted molar refractivity (Wildman–Crippen MR) is 72.1 cm³/mol. The molecule has 1 heterocycles. The quantitative estimate of drug-likeness (QED) is 0.771. The number of hydrogen-bond donors (Lipinski definition) is 1. The lowest BCUT2D eigenvalue weighted by Gasteiger charge is -2.11. The van der Waals surface area contributed by atoms with Gasteiger partial charge in [-0.25, -0.2) is 9.78 Å². The smallest absolute Gasteiger partial charge is 0.332 e. The maximum Gasteiger partial charge on any atom is 0.332 e. The lowest BCUT2D eigenvalue weighted by Crippen LogP contribution is -2.24. The van der Waals surface area contributed by atoms with Gasteiger partial charge in [-0.2, -0.15) is 0 Å². The Morgan fingerprint density at radius 1 is 1.50 bits per heavy atom. The average Bonchev–Trinajstić information content (AvgIpc) is 2.26. The fourth-order valence-electron chi connectivity index (χ4n) is 1.63. The first-order chi connectivity index (χ1) is 8.52. The highest BCUT2D eigenvalue weighted by Gasteiger charge is 2.16. The molecule has 0 amide bonds. The third-order valence-electron chi connectivity index (χ3n) is 2.35. The second kappa shape index (κ2) is 7.38. The number of aliphatic carboxylic acids is 1. The SMILES string of the molecule is CCOC(CCSc1cc(C)cc(C)n1)C(=O)O. The number of aromatic nitrogens is 1. The molecule has 0 bridgehead atoms. The highest BCUT2D eigenvalue weighted by molar-refractivity contribution is 7.99. The third kappa shape index (κ3) is 5.06. The van der Waals surface area contributed by atoms with Crippen LogP contribution in [-0.2, 0) is 9.53 Å². The van der Waals surface area contributed by atoms with E-state index in [1.54, 1.807) is 18.7 Å². The van der Waals surface area contributed by atoms with Gasteiger partial charge in [-0.1, -0.05) is 0 Å². The Morgan fingerprint density at radius 3 is 2.78 bits per heavy atom. The van der Waals surface area contributed by atoms with E-state index < -0.39 is 12.1 Å². The number of rotatable bonds is 7. The van der Waals surface area contributed by atoms with Gasteiger partial charge in [0, 0.05) is 18.1 Å². The zero-order valence-electron chi connectivity index (χ0n) is 11.0. The summed E-state index contributed by atoms with van der Waals surface area (Å²) in [5.74, 6) is -0.210. The van der Waals surface area contributed by atoms with Gasteiger partial charge in [0.05, 0.1) is 5.03 Å². The van der Waals surface area contributed by atoms with E-state index in [1.807, 2.05) is 26.0 Å². The minimum Gasteiger partial charge on any atom is -0.479 e. The number of carboxylic acid groups (broad SMARTS) is 1. The molecule has 0 aromatic carbocycles. The number of aryl methyl sites for hydroxylation is 2. The molecule has 0 saturated heterocycles. The molecule has 0 radical (unpaired) electrons. The monoisotopic (exact) mass is 269 g/mol. The van der Waals surface area contributed by atoms with Gasteiger partial charge >= 0.3 is 5.97 Å². The molecule has 1 N–H and O–H groups in total. The van der Waals surface area contributed by atoms with Crippen LogP contribution in [0.4, 0.5) is 0 Å². The van der Waals surface area contributed by atoms with Gasteiger partial charge in [0.1, 0.15) is 0 Å². The molecule has 1 aromatic rings.